The van der Waals surface area contributed by atoms with Crippen molar-refractivity contribution >= 4 is 23.2 Å². The van der Waals surface area contributed by atoms with Crippen molar-refractivity contribution in [2.45, 2.75) is 25.6 Å². The van der Waals surface area contributed by atoms with E-state index in [0.717, 1.165) is 11.5 Å². The van der Waals surface area contributed by atoms with Crippen molar-refractivity contribution in [3.05, 3.63) is 22.8 Å². The smallest absolute Gasteiger partial charge is 0.0567 e. The van der Waals surface area contributed by atoms with Gasteiger partial charge in [0.05, 0.1) is 5.38 Å². The van der Waals surface area contributed by atoms with Crippen molar-refractivity contribution in [1.82, 2.24) is 0 Å². The minimum atomic E-state index is 0.0880. The van der Waals surface area contributed by atoms with Crippen LogP contribution >= 0.6 is 23.2 Å². The third-order valence-electron chi connectivity index (χ3n) is 1.79. The maximum Gasteiger partial charge on any atom is 0.0567 e. The van der Waals surface area contributed by atoms with Gasteiger partial charge in [-0.3, -0.25) is 0 Å². The Morgan fingerprint density at radius 1 is 1.55 bits per heavy atom. The largest absolute Gasteiger partial charge is 0.118 e. The second kappa shape index (κ2) is 3.64. The molecule has 0 saturated heterocycles. The molecule has 1 unspecified atom stereocenters. The predicted octanol–water partition coefficient (Wildman–Crippen LogP) is 3.70. The molecule has 0 radical (unpaired) electrons. The Kier molecular flexibility index (Phi) is 3.03. The molecule has 0 fully saturated rings. The second-order valence-corrected chi connectivity index (χ2v) is 4.05. The molecule has 0 aromatic rings. The predicted molar refractivity (Wildman–Crippen MR) is 51.1 cm³/mol. The Morgan fingerprint density at radius 2 is 2.18 bits per heavy atom. The van der Waals surface area contributed by atoms with Gasteiger partial charge in [0.2, 0.25) is 0 Å². The van der Waals surface area contributed by atoms with Crippen LogP contribution in [0.3, 0.4) is 0 Å². The molecule has 0 aliphatic heterocycles. The molecule has 2 heteroatoms. The van der Waals surface area contributed by atoms with Crippen molar-refractivity contribution in [2.75, 3.05) is 0 Å². The summed E-state index contributed by atoms with van der Waals surface area (Å²) in [6.07, 6.45) is 4.95. The Balaban J connectivity index is 2.77. The van der Waals surface area contributed by atoms with E-state index in [1.54, 1.807) is 0 Å². The third kappa shape index (κ3) is 2.25. The molecule has 0 bridgehead atoms. The first-order valence-corrected chi connectivity index (χ1v) is 4.64. The minimum Gasteiger partial charge on any atom is -0.118 e. The lowest BCUT2D eigenvalue weighted by Crippen LogP contribution is -2.04. The van der Waals surface area contributed by atoms with E-state index in [-0.39, 0.29) is 5.38 Å². The van der Waals surface area contributed by atoms with Gasteiger partial charge >= 0.3 is 0 Å². The van der Waals surface area contributed by atoms with Gasteiger partial charge in [-0.1, -0.05) is 31.5 Å². The molecule has 0 aromatic carbocycles. The van der Waals surface area contributed by atoms with Gasteiger partial charge in [-0.05, 0) is 24.0 Å². The van der Waals surface area contributed by atoms with Crippen LogP contribution < -0.4 is 0 Å². The maximum atomic E-state index is 5.98. The molecule has 0 N–H and O–H groups in total. The van der Waals surface area contributed by atoms with Gasteiger partial charge in [0.1, 0.15) is 0 Å². The topological polar surface area (TPSA) is 0 Å². The first-order valence-electron chi connectivity index (χ1n) is 3.83. The van der Waals surface area contributed by atoms with Crippen LogP contribution in [0.2, 0.25) is 0 Å². The second-order valence-electron chi connectivity index (χ2n) is 3.08. The number of hydrogen-bond donors (Lipinski definition) is 0. The minimum absolute atomic E-state index is 0.0880. The highest BCUT2D eigenvalue weighted by Gasteiger charge is 2.14. The molecule has 11 heavy (non-hydrogen) atoms. The van der Waals surface area contributed by atoms with Crippen LogP contribution in [-0.2, 0) is 0 Å². The van der Waals surface area contributed by atoms with Gasteiger partial charge in [-0.25, -0.2) is 0 Å². The van der Waals surface area contributed by atoms with Crippen LogP contribution in [0.1, 0.15) is 20.3 Å². The van der Waals surface area contributed by atoms with E-state index in [1.165, 1.54) is 5.57 Å². The molecule has 62 valence electrons. The SMILES string of the molecule is CC(C)C1=CCC(Cl)C=C1Cl. The van der Waals surface area contributed by atoms with Crippen molar-refractivity contribution in [3.8, 4) is 0 Å². The average molecular weight is 191 g/mol. The summed E-state index contributed by atoms with van der Waals surface area (Å²) in [5.74, 6) is 0.503. The van der Waals surface area contributed by atoms with Gasteiger partial charge in [0, 0.05) is 5.03 Å². The fraction of sp³-hybridized carbons (Fsp3) is 0.556. The Hall–Kier alpha value is 0.0600. The summed E-state index contributed by atoms with van der Waals surface area (Å²) in [5.41, 5.74) is 1.23. The van der Waals surface area contributed by atoms with Crippen molar-refractivity contribution in [3.63, 3.8) is 0 Å². The zero-order valence-corrected chi connectivity index (χ0v) is 8.28. The van der Waals surface area contributed by atoms with E-state index >= 15 is 0 Å². The molecule has 0 amide bonds. The highest BCUT2D eigenvalue weighted by atomic mass is 35.5. The fourth-order valence-electron chi connectivity index (χ4n) is 1.17. The lowest BCUT2D eigenvalue weighted by atomic mass is 9.97. The number of alkyl halides is 1. The standard InChI is InChI=1S/C9H12Cl2/c1-6(2)8-4-3-7(10)5-9(8)11/h4-7H,3H2,1-2H3. The molecule has 1 aliphatic carbocycles. The lowest BCUT2D eigenvalue weighted by Gasteiger charge is -2.16. The van der Waals surface area contributed by atoms with Gasteiger partial charge in [0.15, 0.2) is 0 Å². The molecular weight excluding hydrogens is 179 g/mol. The maximum absolute atomic E-state index is 5.98. The van der Waals surface area contributed by atoms with Gasteiger partial charge in [0.25, 0.3) is 0 Å². The Labute approximate surface area is 77.9 Å². The normalized spacial score (nSPS) is 25.0. The van der Waals surface area contributed by atoms with E-state index in [1.807, 2.05) is 6.08 Å². The summed E-state index contributed by atoms with van der Waals surface area (Å²) < 4.78 is 0. The van der Waals surface area contributed by atoms with E-state index in [0.29, 0.717) is 5.92 Å². The van der Waals surface area contributed by atoms with Crippen LogP contribution in [0, 0.1) is 5.92 Å². The Bertz CT molecular complexity index is 202. The Morgan fingerprint density at radius 3 is 2.64 bits per heavy atom. The van der Waals surface area contributed by atoms with Crippen LogP contribution in [-0.4, -0.2) is 5.38 Å². The van der Waals surface area contributed by atoms with Gasteiger partial charge in [-0.2, -0.15) is 0 Å². The molecule has 0 spiro atoms. The van der Waals surface area contributed by atoms with Crippen LogP contribution in [0.4, 0.5) is 0 Å². The van der Waals surface area contributed by atoms with E-state index < -0.39 is 0 Å². The zero-order chi connectivity index (χ0) is 8.43. The first-order chi connectivity index (χ1) is 5.11. The van der Waals surface area contributed by atoms with Crippen LogP contribution in [0.15, 0.2) is 22.8 Å². The van der Waals surface area contributed by atoms with Crippen molar-refractivity contribution in [2.24, 2.45) is 5.92 Å². The van der Waals surface area contributed by atoms with Crippen LogP contribution in [0.5, 0.6) is 0 Å². The lowest BCUT2D eigenvalue weighted by molar-refractivity contribution is 0.769. The van der Waals surface area contributed by atoms with Gasteiger partial charge < -0.3 is 0 Å². The van der Waals surface area contributed by atoms with E-state index in [4.69, 9.17) is 23.2 Å². The summed E-state index contributed by atoms with van der Waals surface area (Å²) in [6, 6.07) is 0. The van der Waals surface area contributed by atoms with E-state index in [9.17, 15) is 0 Å². The monoisotopic (exact) mass is 190 g/mol. The third-order valence-corrected chi connectivity index (χ3v) is 2.44. The van der Waals surface area contributed by atoms with Crippen molar-refractivity contribution < 1.29 is 0 Å². The molecule has 0 nitrogen and oxygen atoms in total. The number of allylic oxidation sites excluding steroid dienone is 4. The average Bonchev–Trinajstić information content (AvgIpc) is 1.85. The molecule has 1 atom stereocenters. The summed E-state index contributed by atoms with van der Waals surface area (Å²) in [7, 11) is 0. The van der Waals surface area contributed by atoms with Crippen LogP contribution in [0.25, 0.3) is 0 Å². The highest BCUT2D eigenvalue weighted by Crippen LogP contribution is 2.29. The zero-order valence-electron chi connectivity index (χ0n) is 6.77. The molecule has 0 heterocycles. The highest BCUT2D eigenvalue weighted by molar-refractivity contribution is 6.33. The summed E-state index contributed by atoms with van der Waals surface area (Å²) in [6.45, 7) is 4.27. The van der Waals surface area contributed by atoms with E-state index in [2.05, 4.69) is 19.9 Å². The molecule has 1 aliphatic rings. The molecular formula is C9H12Cl2. The number of rotatable bonds is 1. The summed E-state index contributed by atoms with van der Waals surface area (Å²) in [5, 5.41) is 0.913. The quantitative estimate of drug-likeness (QED) is 0.554. The van der Waals surface area contributed by atoms with Gasteiger partial charge in [-0.15, -0.1) is 11.6 Å². The first kappa shape index (κ1) is 9.15. The molecule has 1 rings (SSSR count). The number of hydrogen-bond acceptors (Lipinski definition) is 0. The summed E-state index contributed by atoms with van der Waals surface area (Å²) in [4.78, 5) is 0. The fourth-order valence-corrected chi connectivity index (χ4v) is 1.90. The van der Waals surface area contributed by atoms with Crippen molar-refractivity contribution in [1.29, 1.82) is 0 Å². The molecule has 0 aromatic heterocycles. The molecule has 0 saturated carbocycles. The summed E-state index contributed by atoms with van der Waals surface area (Å²) >= 11 is 11.9. The number of halogens is 2.